The van der Waals surface area contributed by atoms with E-state index >= 15 is 0 Å². The number of thioether (sulfide) groups is 1. The van der Waals surface area contributed by atoms with E-state index in [0.717, 1.165) is 48.0 Å². The summed E-state index contributed by atoms with van der Waals surface area (Å²) in [5.41, 5.74) is 6.49. The Bertz CT molecular complexity index is 1740. The fraction of sp³-hybridized carbons (Fsp3) is 0.0857. The van der Waals surface area contributed by atoms with Gasteiger partial charge in [-0.2, -0.15) is 5.26 Å². The summed E-state index contributed by atoms with van der Waals surface area (Å²) in [4.78, 5) is 17.0. The minimum Gasteiger partial charge on any atom is -0.464 e. The SMILES string of the molecule is CCOC(=O)C1(C#N)Sc2c(sc(-c3ccccc3)c2-c2ccccc2)C(c2ccccc2)=C1c1ccccc1. The number of nitriles is 1. The normalized spacial score (nSPS) is 16.2. The van der Waals surface area contributed by atoms with Crippen LogP contribution in [0, 0.1) is 11.3 Å². The largest absolute Gasteiger partial charge is 0.464 e. The maximum absolute atomic E-state index is 13.9. The van der Waals surface area contributed by atoms with E-state index in [-0.39, 0.29) is 6.61 Å². The van der Waals surface area contributed by atoms with Crippen molar-refractivity contribution in [2.75, 3.05) is 6.61 Å². The Balaban J connectivity index is 1.79. The lowest BCUT2D eigenvalue weighted by atomic mass is 9.84. The van der Waals surface area contributed by atoms with Gasteiger partial charge in [0.15, 0.2) is 0 Å². The lowest BCUT2D eigenvalue weighted by molar-refractivity contribution is -0.142. The van der Waals surface area contributed by atoms with Crippen LogP contribution in [-0.2, 0) is 9.53 Å². The van der Waals surface area contributed by atoms with Crippen LogP contribution in [0.25, 0.3) is 32.7 Å². The molecule has 0 spiro atoms. The second-order valence-corrected chi connectivity index (χ2v) is 11.5. The number of carbonyl (C=O) groups excluding carboxylic acids is 1. The Hall–Kier alpha value is -4.37. The topological polar surface area (TPSA) is 50.1 Å². The molecule has 1 unspecified atom stereocenters. The van der Waals surface area contributed by atoms with Crippen molar-refractivity contribution in [3.8, 4) is 27.6 Å². The van der Waals surface area contributed by atoms with Gasteiger partial charge in [-0.05, 0) is 29.2 Å². The molecule has 40 heavy (non-hydrogen) atoms. The van der Waals surface area contributed by atoms with Crippen LogP contribution in [0.1, 0.15) is 22.9 Å². The van der Waals surface area contributed by atoms with E-state index in [4.69, 9.17) is 4.74 Å². The zero-order valence-corrected chi connectivity index (χ0v) is 23.5. The van der Waals surface area contributed by atoms with Gasteiger partial charge in [-0.15, -0.1) is 11.3 Å². The summed E-state index contributed by atoms with van der Waals surface area (Å²) in [7, 11) is 0. The Labute approximate surface area is 242 Å². The molecule has 0 saturated carbocycles. The first-order chi connectivity index (χ1) is 19.7. The summed E-state index contributed by atoms with van der Waals surface area (Å²) in [5.74, 6) is -0.549. The highest BCUT2D eigenvalue weighted by molar-refractivity contribution is 8.02. The summed E-state index contributed by atoms with van der Waals surface area (Å²) in [6.45, 7) is 1.96. The molecular weight excluding hydrogens is 531 g/mol. The monoisotopic (exact) mass is 555 g/mol. The van der Waals surface area contributed by atoms with Crippen molar-refractivity contribution in [1.82, 2.24) is 0 Å². The lowest BCUT2D eigenvalue weighted by Gasteiger charge is -2.34. The maximum atomic E-state index is 13.9. The molecule has 0 saturated heterocycles. The lowest BCUT2D eigenvalue weighted by Crippen LogP contribution is -2.39. The van der Waals surface area contributed by atoms with Crippen molar-refractivity contribution >= 4 is 40.2 Å². The summed E-state index contributed by atoms with van der Waals surface area (Å²) in [6.07, 6.45) is 0. The Kier molecular flexibility index (Phi) is 7.13. The van der Waals surface area contributed by atoms with Crippen LogP contribution in [0.2, 0.25) is 0 Å². The predicted molar refractivity (Wildman–Crippen MR) is 165 cm³/mol. The Morgan fingerprint density at radius 2 is 1.23 bits per heavy atom. The second kappa shape index (κ2) is 11.0. The number of hydrogen-bond acceptors (Lipinski definition) is 5. The predicted octanol–water partition coefficient (Wildman–Crippen LogP) is 8.97. The second-order valence-electron chi connectivity index (χ2n) is 9.29. The van der Waals surface area contributed by atoms with E-state index in [1.54, 1.807) is 18.3 Å². The van der Waals surface area contributed by atoms with Crippen molar-refractivity contribution in [2.45, 2.75) is 16.6 Å². The molecule has 2 heterocycles. The van der Waals surface area contributed by atoms with Crippen molar-refractivity contribution in [1.29, 1.82) is 5.26 Å². The highest BCUT2D eigenvalue weighted by atomic mass is 32.2. The van der Waals surface area contributed by atoms with Gasteiger partial charge in [0.2, 0.25) is 4.75 Å². The van der Waals surface area contributed by atoms with Gasteiger partial charge in [-0.3, -0.25) is 0 Å². The van der Waals surface area contributed by atoms with Gasteiger partial charge in [0.05, 0.1) is 17.6 Å². The van der Waals surface area contributed by atoms with E-state index in [2.05, 4.69) is 42.5 Å². The number of thiophene rings is 1. The molecular formula is C35H25NO2S2. The zero-order chi connectivity index (χ0) is 27.5. The van der Waals surface area contributed by atoms with Crippen molar-refractivity contribution in [2.24, 2.45) is 0 Å². The van der Waals surface area contributed by atoms with E-state index < -0.39 is 10.7 Å². The molecule has 0 radical (unpaired) electrons. The highest BCUT2D eigenvalue weighted by Crippen LogP contribution is 2.61. The number of carbonyl (C=O) groups is 1. The number of esters is 1. The molecule has 3 nitrogen and oxygen atoms in total. The van der Waals surface area contributed by atoms with Crippen LogP contribution in [0.3, 0.4) is 0 Å². The van der Waals surface area contributed by atoms with Crippen molar-refractivity contribution < 1.29 is 9.53 Å². The summed E-state index contributed by atoms with van der Waals surface area (Å²) < 4.78 is 4.05. The fourth-order valence-electron chi connectivity index (χ4n) is 5.17. The van der Waals surface area contributed by atoms with Crippen LogP contribution < -0.4 is 0 Å². The molecule has 0 fully saturated rings. The van der Waals surface area contributed by atoms with Gasteiger partial charge >= 0.3 is 5.97 Å². The molecule has 5 aromatic rings. The molecule has 0 aliphatic carbocycles. The van der Waals surface area contributed by atoms with Crippen LogP contribution in [0.4, 0.5) is 0 Å². The van der Waals surface area contributed by atoms with Crippen LogP contribution in [0.5, 0.6) is 0 Å². The first-order valence-corrected chi connectivity index (χ1v) is 14.7. The van der Waals surface area contributed by atoms with Gasteiger partial charge in [0, 0.05) is 26.5 Å². The molecule has 0 amide bonds. The fourth-order valence-corrected chi connectivity index (χ4v) is 8.11. The van der Waals surface area contributed by atoms with E-state index in [9.17, 15) is 10.1 Å². The number of rotatable bonds is 6. The smallest absolute Gasteiger partial charge is 0.341 e. The minimum absolute atomic E-state index is 0.183. The summed E-state index contributed by atoms with van der Waals surface area (Å²) >= 11 is 3.02. The van der Waals surface area contributed by atoms with Crippen LogP contribution >= 0.6 is 23.1 Å². The van der Waals surface area contributed by atoms with Gasteiger partial charge in [-0.25, -0.2) is 4.79 Å². The van der Waals surface area contributed by atoms with E-state index in [1.165, 1.54) is 11.8 Å². The molecule has 0 bridgehead atoms. The van der Waals surface area contributed by atoms with Crippen molar-refractivity contribution in [3.63, 3.8) is 0 Å². The molecule has 0 N–H and O–H groups in total. The van der Waals surface area contributed by atoms with Crippen LogP contribution in [-0.4, -0.2) is 17.3 Å². The standard InChI is InChI=1S/C35H25NO2S2/c1-2-38-34(37)35(23-36)30(26-19-11-5-12-20-26)28(24-15-7-3-8-16-24)32-33(40-35)29(25-17-9-4-10-18-25)31(39-32)27-21-13-6-14-22-27/h3-22H,2H2,1H3. The quantitative estimate of drug-likeness (QED) is 0.196. The molecule has 1 aliphatic heterocycles. The Morgan fingerprint density at radius 1 is 0.725 bits per heavy atom. The van der Waals surface area contributed by atoms with E-state index in [0.29, 0.717) is 5.57 Å². The number of benzene rings is 4. The number of nitrogens with zero attached hydrogens (tertiary/aromatic N) is 1. The van der Waals surface area contributed by atoms with Crippen LogP contribution in [0.15, 0.2) is 126 Å². The molecule has 1 aliphatic rings. The molecule has 194 valence electrons. The molecule has 4 aromatic carbocycles. The third-order valence-corrected chi connectivity index (χ3v) is 9.66. The summed E-state index contributed by atoms with van der Waals surface area (Å²) in [6, 6.07) is 42.8. The first-order valence-electron chi connectivity index (χ1n) is 13.1. The van der Waals surface area contributed by atoms with Gasteiger partial charge in [0.25, 0.3) is 0 Å². The third kappa shape index (κ3) is 4.36. The molecule has 6 rings (SSSR count). The van der Waals surface area contributed by atoms with Crippen molar-refractivity contribution in [3.05, 3.63) is 137 Å². The van der Waals surface area contributed by atoms with Gasteiger partial charge in [-0.1, -0.05) is 133 Å². The third-order valence-electron chi connectivity index (χ3n) is 6.89. The summed E-state index contributed by atoms with van der Waals surface area (Å²) in [5, 5.41) is 10.9. The average molecular weight is 556 g/mol. The minimum atomic E-state index is -1.60. The molecule has 1 atom stereocenters. The van der Waals surface area contributed by atoms with E-state index in [1.807, 2.05) is 84.9 Å². The van der Waals surface area contributed by atoms with Gasteiger partial charge in [0.1, 0.15) is 0 Å². The molecule has 5 heteroatoms. The first kappa shape index (κ1) is 25.9. The number of fused-ring (bicyclic) bond motifs is 1. The Morgan fingerprint density at radius 3 is 1.75 bits per heavy atom. The number of hydrogen-bond donors (Lipinski definition) is 0. The highest BCUT2D eigenvalue weighted by Gasteiger charge is 2.52. The number of ether oxygens (including phenoxy) is 1. The van der Waals surface area contributed by atoms with Gasteiger partial charge < -0.3 is 4.74 Å². The zero-order valence-electron chi connectivity index (χ0n) is 21.8. The molecule has 1 aromatic heterocycles. The average Bonchev–Trinajstić information content (AvgIpc) is 3.40. The maximum Gasteiger partial charge on any atom is 0.341 e.